The maximum atomic E-state index is 11.8. The molecule has 0 atom stereocenters. The summed E-state index contributed by atoms with van der Waals surface area (Å²) >= 11 is 6.17. The molecule has 0 aliphatic carbocycles. The van der Waals surface area contributed by atoms with E-state index < -0.39 is 0 Å². The number of likely N-dealkylation sites (tertiary alicyclic amines) is 1. The van der Waals surface area contributed by atoms with Gasteiger partial charge < -0.3 is 14.8 Å². The van der Waals surface area contributed by atoms with Crippen molar-refractivity contribution in [1.82, 2.24) is 29.3 Å². The third-order valence-corrected chi connectivity index (χ3v) is 5.38. The van der Waals surface area contributed by atoms with Crippen LogP contribution in [-0.4, -0.2) is 73.5 Å². The van der Waals surface area contributed by atoms with Gasteiger partial charge in [0, 0.05) is 51.2 Å². The predicted octanol–water partition coefficient (Wildman–Crippen LogP) is 2.63. The summed E-state index contributed by atoms with van der Waals surface area (Å²) in [4.78, 5) is 29.3. The van der Waals surface area contributed by atoms with Crippen LogP contribution in [0.3, 0.4) is 0 Å². The summed E-state index contributed by atoms with van der Waals surface area (Å²) in [6.45, 7) is 12.6. The van der Waals surface area contributed by atoms with Crippen molar-refractivity contribution in [3.8, 4) is 0 Å². The summed E-state index contributed by atoms with van der Waals surface area (Å²) in [6, 6.07) is 0.951. The first-order valence-corrected chi connectivity index (χ1v) is 10.4. The molecule has 0 radical (unpaired) electrons. The minimum atomic E-state index is 0.193. The number of halogens is 1. The van der Waals surface area contributed by atoms with E-state index in [0.29, 0.717) is 48.6 Å². The van der Waals surface area contributed by atoms with E-state index in [9.17, 15) is 4.79 Å². The summed E-state index contributed by atoms with van der Waals surface area (Å²) in [5, 5.41) is 3.56. The number of carbonyl (C=O) groups excluding carboxylic acids is 1. The summed E-state index contributed by atoms with van der Waals surface area (Å²) in [6.07, 6.45) is 3.34. The van der Waals surface area contributed by atoms with Crippen molar-refractivity contribution >= 4 is 34.5 Å². The molecule has 2 aromatic rings. The fraction of sp³-hybridized carbons (Fsp3) is 0.684. The summed E-state index contributed by atoms with van der Waals surface area (Å²) in [5.41, 5.74) is 1.40. The molecule has 8 nitrogen and oxygen atoms in total. The minimum Gasteiger partial charge on any atom is -0.367 e. The molecule has 1 saturated heterocycles. The number of aromatic nitrogens is 4. The van der Waals surface area contributed by atoms with E-state index in [-0.39, 0.29) is 11.2 Å². The van der Waals surface area contributed by atoms with Gasteiger partial charge in [-0.25, -0.2) is 4.98 Å². The van der Waals surface area contributed by atoms with Crippen molar-refractivity contribution in [3.63, 3.8) is 0 Å². The molecular formula is C19H30ClN7O. The minimum absolute atomic E-state index is 0.193. The molecule has 0 saturated carbocycles. The lowest BCUT2D eigenvalue weighted by molar-refractivity contribution is -0.127. The van der Waals surface area contributed by atoms with E-state index in [1.807, 2.05) is 9.47 Å². The molecular weight excluding hydrogens is 378 g/mol. The van der Waals surface area contributed by atoms with Crippen LogP contribution in [0.25, 0.3) is 11.2 Å². The zero-order valence-electron chi connectivity index (χ0n) is 17.2. The highest BCUT2D eigenvalue weighted by Gasteiger charge is 2.20. The lowest BCUT2D eigenvalue weighted by Gasteiger charge is -2.30. The third-order valence-electron chi connectivity index (χ3n) is 5.21. The van der Waals surface area contributed by atoms with Crippen LogP contribution in [-0.2, 0) is 11.3 Å². The molecule has 1 N–H and O–H groups in total. The van der Waals surface area contributed by atoms with Crippen molar-refractivity contribution in [2.24, 2.45) is 0 Å². The maximum Gasteiger partial charge on any atom is 0.226 e. The van der Waals surface area contributed by atoms with Crippen molar-refractivity contribution in [2.45, 2.75) is 59.2 Å². The lowest BCUT2D eigenvalue weighted by atomic mass is 10.2. The average molecular weight is 408 g/mol. The van der Waals surface area contributed by atoms with Gasteiger partial charge in [0.15, 0.2) is 17.0 Å². The molecule has 3 rings (SSSR count). The molecule has 3 heterocycles. The molecule has 0 unspecified atom stereocenters. The molecule has 0 aromatic carbocycles. The van der Waals surface area contributed by atoms with Crippen molar-refractivity contribution < 1.29 is 4.79 Å². The number of hydrogen-bond acceptors (Lipinski definition) is 6. The van der Waals surface area contributed by atoms with Gasteiger partial charge >= 0.3 is 0 Å². The quantitative estimate of drug-likeness (QED) is 0.644. The summed E-state index contributed by atoms with van der Waals surface area (Å²) in [5.74, 6) is 0.873. The van der Waals surface area contributed by atoms with Crippen LogP contribution < -0.4 is 5.32 Å². The van der Waals surface area contributed by atoms with Gasteiger partial charge in [-0.05, 0) is 45.7 Å². The second kappa shape index (κ2) is 9.05. The first kappa shape index (κ1) is 20.8. The van der Waals surface area contributed by atoms with Gasteiger partial charge in [0.25, 0.3) is 0 Å². The number of amides is 1. The van der Waals surface area contributed by atoms with E-state index in [1.54, 1.807) is 6.33 Å². The van der Waals surface area contributed by atoms with Crippen LogP contribution in [0.4, 0.5) is 5.82 Å². The van der Waals surface area contributed by atoms with Gasteiger partial charge in [-0.2, -0.15) is 9.97 Å². The van der Waals surface area contributed by atoms with Crippen LogP contribution >= 0.6 is 11.6 Å². The van der Waals surface area contributed by atoms with Crippen molar-refractivity contribution in [2.75, 3.05) is 31.5 Å². The average Bonchev–Trinajstić information content (AvgIpc) is 3.22. The summed E-state index contributed by atoms with van der Waals surface area (Å²) < 4.78 is 1.94. The Kier molecular flexibility index (Phi) is 6.72. The third kappa shape index (κ3) is 4.72. The lowest BCUT2D eigenvalue weighted by Crippen LogP contribution is -2.40. The molecule has 154 valence electrons. The topological polar surface area (TPSA) is 79.2 Å². The van der Waals surface area contributed by atoms with Gasteiger partial charge in [-0.3, -0.25) is 9.69 Å². The number of nitrogens with one attached hydrogen (secondary N) is 1. The van der Waals surface area contributed by atoms with E-state index in [2.05, 4.69) is 52.9 Å². The van der Waals surface area contributed by atoms with Crippen LogP contribution in [0.5, 0.6) is 0 Å². The molecule has 0 bridgehead atoms. The number of carbonyl (C=O) groups is 1. The van der Waals surface area contributed by atoms with Crippen molar-refractivity contribution in [1.29, 1.82) is 0 Å². The number of hydrogen-bond donors (Lipinski definition) is 1. The van der Waals surface area contributed by atoms with Gasteiger partial charge in [0.1, 0.15) is 0 Å². The maximum absolute atomic E-state index is 11.8. The Morgan fingerprint density at radius 3 is 2.61 bits per heavy atom. The van der Waals surface area contributed by atoms with Crippen molar-refractivity contribution in [3.05, 3.63) is 11.6 Å². The fourth-order valence-electron chi connectivity index (χ4n) is 3.79. The number of rotatable bonds is 9. The molecule has 28 heavy (non-hydrogen) atoms. The molecule has 1 amide bonds. The Balaban J connectivity index is 1.69. The molecule has 0 spiro atoms. The number of fused-ring (bicyclic) bond motifs is 1. The number of anilines is 1. The molecule has 9 heteroatoms. The van der Waals surface area contributed by atoms with E-state index in [0.717, 1.165) is 26.1 Å². The Morgan fingerprint density at radius 1 is 1.21 bits per heavy atom. The Hall–Kier alpha value is -1.93. The first-order valence-electron chi connectivity index (χ1n) is 10.0. The molecule has 1 fully saturated rings. The molecule has 2 aromatic heterocycles. The Labute approximate surface area is 171 Å². The first-order chi connectivity index (χ1) is 13.4. The zero-order valence-corrected chi connectivity index (χ0v) is 17.9. The van der Waals surface area contributed by atoms with Crippen LogP contribution in [0, 0.1) is 0 Å². The van der Waals surface area contributed by atoms with Crippen LogP contribution in [0.1, 0.15) is 40.5 Å². The largest absolute Gasteiger partial charge is 0.367 e. The second-order valence-electron chi connectivity index (χ2n) is 7.79. The van der Waals surface area contributed by atoms with E-state index in [1.165, 1.54) is 0 Å². The SMILES string of the molecule is CC(C)N(CCNc1nc(Cl)nc2c1ncn2CCN1CCCC1=O)C(C)C. The standard InChI is InChI=1S/C19H30ClN7O/c1-13(2)27(14(3)4)9-7-21-17-16-18(24-19(20)23-17)26(12-22-16)11-10-25-8-5-6-15(25)28/h12-14H,5-11H2,1-4H3,(H,21,23,24). The monoisotopic (exact) mass is 407 g/mol. The second-order valence-corrected chi connectivity index (χ2v) is 8.13. The normalized spacial score (nSPS) is 15.0. The highest BCUT2D eigenvalue weighted by molar-refractivity contribution is 6.28. The summed E-state index contributed by atoms with van der Waals surface area (Å²) in [7, 11) is 0. The predicted molar refractivity (Wildman–Crippen MR) is 112 cm³/mol. The van der Waals surface area contributed by atoms with Gasteiger partial charge in [0.2, 0.25) is 11.2 Å². The highest BCUT2D eigenvalue weighted by atomic mass is 35.5. The van der Waals surface area contributed by atoms with Crippen LogP contribution in [0.15, 0.2) is 6.33 Å². The Bertz CT molecular complexity index is 812. The molecule has 1 aliphatic heterocycles. The van der Waals surface area contributed by atoms with Gasteiger partial charge in [0.05, 0.1) is 6.33 Å². The Morgan fingerprint density at radius 2 is 1.96 bits per heavy atom. The molecule has 1 aliphatic rings. The zero-order chi connectivity index (χ0) is 20.3. The number of imidazole rings is 1. The van der Waals surface area contributed by atoms with Crippen LogP contribution in [0.2, 0.25) is 5.28 Å². The smallest absolute Gasteiger partial charge is 0.226 e. The van der Waals surface area contributed by atoms with E-state index >= 15 is 0 Å². The van der Waals surface area contributed by atoms with Gasteiger partial charge in [-0.1, -0.05) is 0 Å². The fourth-order valence-corrected chi connectivity index (χ4v) is 3.95. The number of nitrogens with zero attached hydrogens (tertiary/aromatic N) is 6. The highest BCUT2D eigenvalue weighted by Crippen LogP contribution is 2.21. The van der Waals surface area contributed by atoms with Gasteiger partial charge in [-0.15, -0.1) is 0 Å². The van der Waals surface area contributed by atoms with E-state index in [4.69, 9.17) is 11.6 Å².